The lowest BCUT2D eigenvalue weighted by molar-refractivity contribution is 0.796. The quantitative estimate of drug-likeness (QED) is 0.156. The van der Waals surface area contributed by atoms with Crippen LogP contribution in [0.25, 0.3) is 98.4 Å². The van der Waals surface area contributed by atoms with E-state index in [1.165, 1.54) is 121 Å². The second-order valence-corrected chi connectivity index (χ2v) is 15.9. The van der Waals surface area contributed by atoms with Gasteiger partial charge in [0.15, 0.2) is 0 Å². The van der Waals surface area contributed by atoms with E-state index in [1.807, 2.05) is 0 Å². The van der Waals surface area contributed by atoms with Gasteiger partial charge in [0.1, 0.15) is 0 Å². The zero-order valence-corrected chi connectivity index (χ0v) is 31.1. The van der Waals surface area contributed by atoms with Crippen molar-refractivity contribution >= 4 is 53.9 Å². The van der Waals surface area contributed by atoms with Crippen LogP contribution in [-0.4, -0.2) is 0 Å². The van der Waals surface area contributed by atoms with Crippen LogP contribution in [0.2, 0.25) is 0 Å². The predicted octanol–water partition coefficient (Wildman–Crippen LogP) is 15.1. The van der Waals surface area contributed by atoms with Gasteiger partial charge in [0.05, 0.1) is 5.41 Å². The first-order valence-electron chi connectivity index (χ1n) is 20.0. The molecule has 11 aromatic rings. The molecule has 0 amide bonds. The summed E-state index contributed by atoms with van der Waals surface area (Å²) in [5, 5.41) is 12.7. The Bertz CT molecular complexity index is 3420. The molecule has 0 saturated heterocycles. The summed E-state index contributed by atoms with van der Waals surface area (Å²) in [6.45, 7) is 0. The fourth-order valence-corrected chi connectivity index (χ4v) is 10.9. The summed E-state index contributed by atoms with van der Waals surface area (Å²) in [7, 11) is 0. The van der Waals surface area contributed by atoms with E-state index in [0.29, 0.717) is 0 Å². The molecule has 0 bridgehead atoms. The van der Waals surface area contributed by atoms with Crippen molar-refractivity contribution in [2.45, 2.75) is 5.41 Å². The van der Waals surface area contributed by atoms with Crippen LogP contribution in [0.3, 0.4) is 0 Å². The Morgan fingerprint density at radius 2 is 0.667 bits per heavy atom. The number of fused-ring (bicyclic) bond motifs is 15. The van der Waals surface area contributed by atoms with Gasteiger partial charge in [-0.1, -0.05) is 176 Å². The molecule has 0 N–H and O–H groups in total. The molecule has 0 saturated carbocycles. The molecule has 2 aliphatic carbocycles. The SMILES string of the molecule is c1ccc2c(c1)-c1ccccc1C21c2cc3ccccc3cc2-c2cc3ccc(-c4c5ccccc5c(-c5cccc6ccccc56)c5ccccc45)cc3cc21. The number of benzene rings is 11. The largest absolute Gasteiger partial charge is 0.0725 e. The van der Waals surface area contributed by atoms with Gasteiger partial charge < -0.3 is 0 Å². The Balaban J connectivity index is 1.11. The summed E-state index contributed by atoms with van der Waals surface area (Å²) in [4.78, 5) is 0. The van der Waals surface area contributed by atoms with E-state index in [1.54, 1.807) is 0 Å². The summed E-state index contributed by atoms with van der Waals surface area (Å²) in [5.41, 5.74) is 15.5. The van der Waals surface area contributed by atoms with Crippen LogP contribution >= 0.6 is 0 Å². The lowest BCUT2D eigenvalue weighted by atomic mass is 9.70. The molecule has 11 aromatic carbocycles. The average molecular weight is 719 g/mol. The van der Waals surface area contributed by atoms with Crippen molar-refractivity contribution in [3.63, 3.8) is 0 Å². The highest BCUT2D eigenvalue weighted by molar-refractivity contribution is 6.24. The van der Waals surface area contributed by atoms with Crippen molar-refractivity contribution in [3.8, 4) is 44.5 Å². The zero-order chi connectivity index (χ0) is 37.2. The molecular weight excluding hydrogens is 685 g/mol. The molecule has 57 heavy (non-hydrogen) atoms. The van der Waals surface area contributed by atoms with Crippen LogP contribution in [0.4, 0.5) is 0 Å². The summed E-state index contributed by atoms with van der Waals surface area (Å²) < 4.78 is 0. The number of hydrogen-bond acceptors (Lipinski definition) is 0. The highest BCUT2D eigenvalue weighted by Gasteiger charge is 2.51. The topological polar surface area (TPSA) is 0 Å². The smallest absolute Gasteiger partial charge is 0.0619 e. The molecule has 13 rings (SSSR count). The second kappa shape index (κ2) is 11.4. The minimum atomic E-state index is -0.411. The summed E-state index contributed by atoms with van der Waals surface area (Å²) >= 11 is 0. The van der Waals surface area contributed by atoms with Gasteiger partial charge in [-0.2, -0.15) is 0 Å². The van der Waals surface area contributed by atoms with E-state index in [-0.39, 0.29) is 0 Å². The third kappa shape index (κ3) is 4.07. The zero-order valence-electron chi connectivity index (χ0n) is 31.1. The monoisotopic (exact) mass is 718 g/mol. The van der Waals surface area contributed by atoms with E-state index >= 15 is 0 Å². The van der Waals surface area contributed by atoms with Crippen LogP contribution in [0.5, 0.6) is 0 Å². The lowest BCUT2D eigenvalue weighted by Crippen LogP contribution is -2.25. The van der Waals surface area contributed by atoms with Gasteiger partial charge in [-0.15, -0.1) is 0 Å². The molecule has 1 spiro atoms. The summed E-state index contributed by atoms with van der Waals surface area (Å²) in [6, 6.07) is 77.7. The molecule has 0 fully saturated rings. The molecule has 0 atom stereocenters. The lowest BCUT2D eigenvalue weighted by Gasteiger charge is -2.30. The van der Waals surface area contributed by atoms with Crippen molar-refractivity contribution in [2.75, 3.05) is 0 Å². The second-order valence-electron chi connectivity index (χ2n) is 15.9. The van der Waals surface area contributed by atoms with Crippen molar-refractivity contribution in [1.29, 1.82) is 0 Å². The molecule has 0 aliphatic heterocycles. The van der Waals surface area contributed by atoms with Crippen molar-refractivity contribution in [3.05, 3.63) is 229 Å². The molecule has 0 aromatic heterocycles. The summed E-state index contributed by atoms with van der Waals surface area (Å²) in [5.74, 6) is 0. The molecule has 0 radical (unpaired) electrons. The normalized spacial score (nSPS) is 13.4. The van der Waals surface area contributed by atoms with E-state index < -0.39 is 5.41 Å². The Morgan fingerprint density at radius 1 is 0.228 bits per heavy atom. The van der Waals surface area contributed by atoms with E-state index in [2.05, 4.69) is 206 Å². The van der Waals surface area contributed by atoms with E-state index in [4.69, 9.17) is 0 Å². The first-order chi connectivity index (χ1) is 28.3. The van der Waals surface area contributed by atoms with Crippen LogP contribution in [0.1, 0.15) is 22.3 Å². The predicted molar refractivity (Wildman–Crippen MR) is 241 cm³/mol. The van der Waals surface area contributed by atoms with E-state index in [9.17, 15) is 0 Å². The van der Waals surface area contributed by atoms with Gasteiger partial charge in [0, 0.05) is 0 Å². The molecular formula is C57H34. The van der Waals surface area contributed by atoms with Crippen LogP contribution in [-0.2, 0) is 5.41 Å². The van der Waals surface area contributed by atoms with Crippen LogP contribution in [0, 0.1) is 0 Å². The maximum Gasteiger partial charge on any atom is 0.0725 e. The maximum absolute atomic E-state index is 2.53. The van der Waals surface area contributed by atoms with Crippen molar-refractivity contribution in [2.24, 2.45) is 0 Å². The summed E-state index contributed by atoms with van der Waals surface area (Å²) in [6.07, 6.45) is 0. The Morgan fingerprint density at radius 3 is 1.30 bits per heavy atom. The van der Waals surface area contributed by atoms with Crippen molar-refractivity contribution < 1.29 is 0 Å². The van der Waals surface area contributed by atoms with E-state index in [0.717, 1.165) is 0 Å². The highest BCUT2D eigenvalue weighted by atomic mass is 14.5. The van der Waals surface area contributed by atoms with Gasteiger partial charge in [-0.25, -0.2) is 0 Å². The number of rotatable bonds is 2. The molecule has 0 unspecified atom stereocenters. The molecule has 0 heteroatoms. The minimum absolute atomic E-state index is 0.411. The third-order valence-corrected chi connectivity index (χ3v) is 13.2. The average Bonchev–Trinajstić information content (AvgIpc) is 3.72. The Hall–Kier alpha value is -7.28. The van der Waals surface area contributed by atoms with Gasteiger partial charge in [0.2, 0.25) is 0 Å². The standard InChI is InChI=1S/C57H34/c1-2-16-37-33-53-49(31-36(37)15-1)50-32-38-28-29-39(30-40(38)34-54(50)57(53)51-26-11-9-19-42(51)43-20-10-12-27-52(43)57)55-45-21-5-7-23-47(45)56(48-24-8-6-22-46(48)55)44-25-13-17-35-14-3-4-18-41(35)44/h1-34H. The van der Waals surface area contributed by atoms with Gasteiger partial charge in [0.25, 0.3) is 0 Å². The maximum atomic E-state index is 2.53. The molecule has 2 aliphatic rings. The molecule has 0 heterocycles. The third-order valence-electron chi connectivity index (χ3n) is 13.2. The van der Waals surface area contributed by atoms with Crippen molar-refractivity contribution in [1.82, 2.24) is 0 Å². The first kappa shape index (κ1) is 31.0. The Labute approximate surface area is 330 Å². The van der Waals surface area contributed by atoms with Crippen LogP contribution in [0.15, 0.2) is 206 Å². The molecule has 0 nitrogen and oxygen atoms in total. The van der Waals surface area contributed by atoms with Gasteiger partial charge in [-0.05, 0) is 151 Å². The number of hydrogen-bond donors (Lipinski definition) is 0. The van der Waals surface area contributed by atoms with Crippen LogP contribution < -0.4 is 0 Å². The van der Waals surface area contributed by atoms with Gasteiger partial charge in [-0.3, -0.25) is 0 Å². The van der Waals surface area contributed by atoms with Gasteiger partial charge >= 0.3 is 0 Å². The molecule has 262 valence electrons. The fraction of sp³-hybridized carbons (Fsp3) is 0.0175. The minimum Gasteiger partial charge on any atom is -0.0619 e. The fourth-order valence-electron chi connectivity index (χ4n) is 10.9. The first-order valence-corrected chi connectivity index (χ1v) is 20.0. The highest BCUT2D eigenvalue weighted by Crippen LogP contribution is 2.63. The Kier molecular flexibility index (Phi) is 6.19.